The molecule has 0 atom stereocenters. The largest absolute Gasteiger partial charge is 0.468 e. The second kappa shape index (κ2) is 8.56. The van der Waals surface area contributed by atoms with Gasteiger partial charge in [-0.15, -0.1) is 5.10 Å². The predicted molar refractivity (Wildman–Crippen MR) is 90.3 cm³/mol. The van der Waals surface area contributed by atoms with Crippen LogP contribution in [0.25, 0.3) is 0 Å². The predicted octanol–water partition coefficient (Wildman–Crippen LogP) is 3.55. The van der Waals surface area contributed by atoms with E-state index in [-0.39, 0.29) is 21.4 Å². The summed E-state index contributed by atoms with van der Waals surface area (Å²) in [6.07, 6.45) is -4.51. The summed E-state index contributed by atoms with van der Waals surface area (Å²) >= 11 is 6.05. The maximum atomic E-state index is 13.7. The zero-order chi connectivity index (χ0) is 19.3. The fourth-order valence-electron chi connectivity index (χ4n) is 1.97. The smallest absolute Gasteiger partial charge is 0.401 e. The number of nitrogens with zero attached hydrogens (tertiary/aromatic N) is 3. The van der Waals surface area contributed by atoms with Crippen LogP contribution in [0.2, 0.25) is 0 Å². The van der Waals surface area contributed by atoms with Crippen LogP contribution in [0, 0.1) is 9.77 Å². The molecule has 0 spiro atoms. The summed E-state index contributed by atoms with van der Waals surface area (Å²) in [5.74, 6) is -1.33. The van der Waals surface area contributed by atoms with Crippen LogP contribution >= 0.6 is 23.6 Å². The number of ether oxygens (including phenoxy) is 1. The van der Waals surface area contributed by atoms with E-state index in [0.29, 0.717) is 0 Å². The van der Waals surface area contributed by atoms with E-state index in [0.717, 1.165) is 28.0 Å². The third-order valence-corrected chi connectivity index (χ3v) is 4.26. The first-order chi connectivity index (χ1) is 12.2. The zero-order valence-corrected chi connectivity index (χ0v) is 15.1. The van der Waals surface area contributed by atoms with E-state index in [1.54, 1.807) is 6.07 Å². The highest BCUT2D eigenvalue weighted by Crippen LogP contribution is 2.23. The van der Waals surface area contributed by atoms with Gasteiger partial charge in [-0.1, -0.05) is 23.5 Å². The van der Waals surface area contributed by atoms with Gasteiger partial charge in [0.1, 0.15) is 5.82 Å². The molecule has 1 aromatic heterocycles. The van der Waals surface area contributed by atoms with Crippen molar-refractivity contribution in [3.8, 4) is 0 Å². The Balaban J connectivity index is 2.16. The topological polar surface area (TPSA) is 59.4 Å². The van der Waals surface area contributed by atoms with Crippen molar-refractivity contribution < 1.29 is 27.1 Å². The van der Waals surface area contributed by atoms with Gasteiger partial charge >= 0.3 is 12.1 Å². The first-order valence-electron chi connectivity index (χ1n) is 7.13. The number of carbonyl (C=O) groups excluding carboxylic acids is 1. The molecule has 0 unspecified atom stereocenters. The lowest BCUT2D eigenvalue weighted by Crippen LogP contribution is -2.39. The first kappa shape index (κ1) is 20.3. The number of methoxy groups -OCH3 is 1. The minimum Gasteiger partial charge on any atom is -0.468 e. The Morgan fingerprint density at radius 2 is 2.12 bits per heavy atom. The molecule has 6 nitrogen and oxygen atoms in total. The van der Waals surface area contributed by atoms with Crippen LogP contribution in [0.5, 0.6) is 0 Å². The molecule has 142 valence electrons. The maximum Gasteiger partial charge on any atom is 0.401 e. The number of anilines is 2. The second-order valence-electron chi connectivity index (χ2n) is 5.10. The minimum absolute atomic E-state index is 0.158. The average molecular weight is 410 g/mol. The van der Waals surface area contributed by atoms with Gasteiger partial charge in [0.05, 0.1) is 32.6 Å². The van der Waals surface area contributed by atoms with Crippen LogP contribution in [0.15, 0.2) is 24.3 Å². The van der Waals surface area contributed by atoms with E-state index in [1.165, 1.54) is 18.2 Å². The third-order valence-electron chi connectivity index (χ3n) is 3.04. The number of hydrogen-bond donors (Lipinski definition) is 1. The number of rotatable bonds is 7. The number of carbonyl (C=O) groups is 1. The molecule has 2 rings (SSSR count). The SMILES string of the molecule is COC(=O)CN(Cn1nc(Nc2ccccc2F)sc1=S)CC(F)(F)F. The van der Waals surface area contributed by atoms with Crippen molar-refractivity contribution in [2.75, 3.05) is 25.5 Å². The van der Waals surface area contributed by atoms with Crippen molar-refractivity contribution in [1.29, 1.82) is 0 Å². The van der Waals surface area contributed by atoms with Crippen molar-refractivity contribution in [3.05, 3.63) is 34.0 Å². The van der Waals surface area contributed by atoms with Crippen molar-refractivity contribution in [2.45, 2.75) is 12.8 Å². The van der Waals surface area contributed by atoms with Gasteiger partial charge in [-0.2, -0.15) is 13.2 Å². The summed E-state index contributed by atoms with van der Waals surface area (Å²) < 4.78 is 57.5. The molecule has 1 heterocycles. The highest BCUT2D eigenvalue weighted by molar-refractivity contribution is 7.73. The van der Waals surface area contributed by atoms with Gasteiger partial charge in [0, 0.05) is 0 Å². The van der Waals surface area contributed by atoms with E-state index >= 15 is 0 Å². The molecule has 0 radical (unpaired) electrons. The van der Waals surface area contributed by atoms with Gasteiger partial charge in [-0.3, -0.25) is 9.69 Å². The van der Waals surface area contributed by atoms with Gasteiger partial charge in [-0.05, 0) is 24.4 Å². The average Bonchev–Trinajstić information content (AvgIpc) is 2.87. The zero-order valence-electron chi connectivity index (χ0n) is 13.4. The van der Waals surface area contributed by atoms with Crippen LogP contribution in [-0.4, -0.2) is 47.0 Å². The Kier molecular flexibility index (Phi) is 6.67. The minimum atomic E-state index is -4.51. The highest BCUT2D eigenvalue weighted by Gasteiger charge is 2.32. The molecule has 0 fully saturated rings. The Morgan fingerprint density at radius 1 is 1.42 bits per heavy atom. The summed E-state index contributed by atoms with van der Waals surface area (Å²) in [7, 11) is 1.08. The van der Waals surface area contributed by atoms with Crippen molar-refractivity contribution in [2.24, 2.45) is 0 Å². The number of esters is 1. The maximum absolute atomic E-state index is 13.7. The monoisotopic (exact) mass is 410 g/mol. The summed E-state index contributed by atoms with van der Waals surface area (Å²) in [4.78, 5) is 12.1. The molecule has 0 saturated heterocycles. The molecule has 2 aromatic rings. The molecular weight excluding hydrogens is 396 g/mol. The summed E-state index contributed by atoms with van der Waals surface area (Å²) in [6, 6.07) is 5.86. The van der Waals surface area contributed by atoms with Crippen LogP contribution in [0.1, 0.15) is 0 Å². The van der Waals surface area contributed by atoms with Crippen LogP contribution in [0.3, 0.4) is 0 Å². The Morgan fingerprint density at radius 3 is 2.73 bits per heavy atom. The summed E-state index contributed by atoms with van der Waals surface area (Å²) in [6.45, 7) is -2.29. The number of benzene rings is 1. The molecule has 0 amide bonds. The number of para-hydroxylation sites is 1. The standard InChI is InChI=1S/C14H14F4N4O2S2/c1-24-11(23)6-21(7-14(16,17)18)8-22-13(25)26-12(20-22)19-10-5-3-2-4-9(10)15/h2-5H,6-8H2,1H3,(H,19,20). The summed E-state index contributed by atoms with van der Waals surface area (Å²) in [5, 5.41) is 6.97. The van der Waals surface area contributed by atoms with Crippen molar-refractivity contribution in [3.63, 3.8) is 0 Å². The van der Waals surface area contributed by atoms with E-state index in [9.17, 15) is 22.4 Å². The van der Waals surface area contributed by atoms with Crippen LogP contribution < -0.4 is 5.32 Å². The van der Waals surface area contributed by atoms with Gasteiger partial charge in [0.2, 0.25) is 5.13 Å². The molecule has 0 bridgehead atoms. The lowest BCUT2D eigenvalue weighted by molar-refractivity contribution is -0.158. The summed E-state index contributed by atoms with van der Waals surface area (Å²) in [5.41, 5.74) is 0.158. The first-order valence-corrected chi connectivity index (χ1v) is 8.36. The number of halogens is 4. The van der Waals surface area contributed by atoms with E-state index in [1.807, 2.05) is 0 Å². The Bertz CT molecular complexity index is 822. The molecule has 0 aliphatic heterocycles. The molecule has 1 aromatic carbocycles. The molecular formula is C14H14F4N4O2S2. The highest BCUT2D eigenvalue weighted by atomic mass is 32.1. The van der Waals surface area contributed by atoms with Crippen LogP contribution in [-0.2, 0) is 16.2 Å². The van der Waals surface area contributed by atoms with Crippen molar-refractivity contribution in [1.82, 2.24) is 14.7 Å². The molecule has 0 aliphatic carbocycles. The quantitative estimate of drug-likeness (QED) is 0.428. The molecule has 26 heavy (non-hydrogen) atoms. The molecule has 0 aliphatic rings. The molecule has 0 saturated carbocycles. The molecule has 12 heteroatoms. The fraction of sp³-hybridized carbons (Fsp3) is 0.357. The van der Waals surface area contributed by atoms with Gasteiger partial charge in [-0.25, -0.2) is 9.07 Å². The van der Waals surface area contributed by atoms with E-state index in [4.69, 9.17) is 12.2 Å². The van der Waals surface area contributed by atoms with Gasteiger partial charge < -0.3 is 10.1 Å². The normalized spacial score (nSPS) is 11.6. The fourth-order valence-corrected chi connectivity index (χ4v) is 2.98. The Hall–Kier alpha value is -2.05. The van der Waals surface area contributed by atoms with Gasteiger partial charge in [0.25, 0.3) is 0 Å². The number of hydrogen-bond acceptors (Lipinski definition) is 7. The number of alkyl halides is 3. The van der Waals surface area contributed by atoms with E-state index < -0.39 is 31.1 Å². The lowest BCUT2D eigenvalue weighted by Gasteiger charge is -2.21. The molecule has 1 N–H and O–H groups in total. The Labute approximate surface area is 155 Å². The number of nitrogens with one attached hydrogen (secondary N) is 1. The van der Waals surface area contributed by atoms with E-state index in [2.05, 4.69) is 15.2 Å². The second-order valence-corrected chi connectivity index (χ2v) is 6.72. The van der Waals surface area contributed by atoms with Crippen LogP contribution in [0.4, 0.5) is 28.4 Å². The third kappa shape index (κ3) is 6.04. The number of aromatic nitrogens is 2. The van der Waals surface area contributed by atoms with Gasteiger partial charge in [0.15, 0.2) is 3.95 Å². The van der Waals surface area contributed by atoms with Crippen molar-refractivity contribution >= 4 is 40.3 Å². The lowest BCUT2D eigenvalue weighted by atomic mass is 10.3.